The van der Waals surface area contributed by atoms with Gasteiger partial charge in [0, 0.05) is 55.3 Å². The molecule has 4 aromatic rings. The number of thiocarbonyl (C=S) groups is 1. The molecule has 2 aliphatic heterocycles. The van der Waals surface area contributed by atoms with Gasteiger partial charge in [-0.1, -0.05) is 24.6 Å². The highest BCUT2D eigenvalue weighted by Crippen LogP contribution is 2.45. The summed E-state index contributed by atoms with van der Waals surface area (Å²) in [5, 5.41) is 5.04. The van der Waals surface area contributed by atoms with E-state index in [0.717, 1.165) is 47.6 Å². The Hall–Kier alpha value is -3.42. The Balaban J connectivity index is 1.40. The van der Waals surface area contributed by atoms with Crippen molar-refractivity contribution in [2.24, 2.45) is 5.92 Å². The van der Waals surface area contributed by atoms with Gasteiger partial charge in [-0.2, -0.15) is 0 Å². The van der Waals surface area contributed by atoms with Gasteiger partial charge >= 0.3 is 0 Å². The predicted molar refractivity (Wildman–Crippen MR) is 167 cm³/mol. The fraction of sp³-hybridized carbons (Fsp3) is 0.344. The van der Waals surface area contributed by atoms with E-state index >= 15 is 0 Å². The molecule has 2 atom stereocenters. The van der Waals surface area contributed by atoms with Crippen LogP contribution in [0.15, 0.2) is 73.2 Å². The first kappa shape index (κ1) is 26.8. The lowest BCUT2D eigenvalue weighted by Gasteiger charge is -2.33. The SMILES string of the molecule is Cc1cc(C2C(c3ccccn3)NC(=S)N2c2ccc(N3CCC(C)CC3)c(Cl)c2)c(C)n1Cc1ccncc1. The number of aromatic nitrogens is 3. The largest absolute Gasteiger partial charge is 0.370 e. The smallest absolute Gasteiger partial charge is 0.174 e. The molecule has 6 nitrogen and oxygen atoms in total. The lowest BCUT2D eigenvalue weighted by Crippen LogP contribution is -2.33. The number of nitrogens with zero attached hydrogens (tertiary/aromatic N) is 5. The fourth-order valence-corrected chi connectivity index (χ4v) is 6.78. The minimum atomic E-state index is -0.106. The van der Waals surface area contributed by atoms with Gasteiger partial charge in [-0.15, -0.1) is 0 Å². The molecule has 1 aromatic carbocycles. The highest BCUT2D eigenvalue weighted by molar-refractivity contribution is 7.80. The molecular weight excluding hydrogens is 536 g/mol. The summed E-state index contributed by atoms with van der Waals surface area (Å²) in [4.78, 5) is 13.5. The quantitative estimate of drug-likeness (QED) is 0.252. The third-order valence-electron chi connectivity index (χ3n) is 8.45. The molecule has 2 saturated heterocycles. The van der Waals surface area contributed by atoms with Gasteiger partial charge in [0.05, 0.1) is 28.5 Å². The number of hydrogen-bond acceptors (Lipinski definition) is 4. The predicted octanol–water partition coefficient (Wildman–Crippen LogP) is 7.01. The van der Waals surface area contributed by atoms with Crippen LogP contribution in [-0.4, -0.2) is 32.7 Å². The molecule has 2 unspecified atom stereocenters. The zero-order valence-corrected chi connectivity index (χ0v) is 24.8. The number of hydrogen-bond donors (Lipinski definition) is 1. The van der Waals surface area contributed by atoms with Crippen LogP contribution in [0.25, 0.3) is 0 Å². The highest BCUT2D eigenvalue weighted by Gasteiger charge is 2.42. The Morgan fingerprint density at radius 2 is 1.77 bits per heavy atom. The number of aryl methyl sites for hydroxylation is 1. The van der Waals surface area contributed by atoms with Crippen LogP contribution >= 0.6 is 23.8 Å². The van der Waals surface area contributed by atoms with Crippen LogP contribution in [-0.2, 0) is 6.54 Å². The molecule has 1 N–H and O–H groups in total. The Morgan fingerprint density at radius 3 is 2.48 bits per heavy atom. The van der Waals surface area contributed by atoms with Gasteiger partial charge in [-0.3, -0.25) is 9.97 Å². The van der Waals surface area contributed by atoms with Crippen molar-refractivity contribution >= 4 is 40.3 Å². The first-order valence-corrected chi connectivity index (χ1v) is 14.8. The van der Waals surface area contributed by atoms with Crippen molar-refractivity contribution in [1.29, 1.82) is 0 Å². The van der Waals surface area contributed by atoms with E-state index in [1.54, 1.807) is 0 Å². The molecule has 206 valence electrons. The van der Waals surface area contributed by atoms with E-state index in [2.05, 4.69) is 87.9 Å². The van der Waals surface area contributed by atoms with E-state index in [4.69, 9.17) is 28.8 Å². The molecule has 3 aromatic heterocycles. The number of piperidine rings is 1. The first-order chi connectivity index (χ1) is 19.4. The second-order valence-electron chi connectivity index (χ2n) is 11.1. The Morgan fingerprint density at radius 1 is 1.00 bits per heavy atom. The van der Waals surface area contributed by atoms with Gasteiger partial charge in [-0.25, -0.2) is 0 Å². The van der Waals surface area contributed by atoms with Crippen LogP contribution in [0.5, 0.6) is 0 Å². The van der Waals surface area contributed by atoms with Gasteiger partial charge in [0.2, 0.25) is 0 Å². The van der Waals surface area contributed by atoms with Crippen LogP contribution in [0.4, 0.5) is 11.4 Å². The molecule has 0 radical (unpaired) electrons. The maximum atomic E-state index is 6.97. The molecule has 0 spiro atoms. The van der Waals surface area contributed by atoms with E-state index in [1.165, 1.54) is 35.4 Å². The summed E-state index contributed by atoms with van der Waals surface area (Å²) < 4.78 is 2.37. The van der Waals surface area contributed by atoms with Crippen molar-refractivity contribution < 1.29 is 0 Å². The number of benzene rings is 1. The number of nitrogens with one attached hydrogen (secondary N) is 1. The third-order valence-corrected chi connectivity index (χ3v) is 9.07. The molecule has 0 aliphatic carbocycles. The Bertz CT molecular complexity index is 1500. The zero-order chi connectivity index (χ0) is 27.8. The molecule has 0 amide bonds. The first-order valence-electron chi connectivity index (χ1n) is 14.0. The average Bonchev–Trinajstić information content (AvgIpc) is 3.45. The van der Waals surface area contributed by atoms with Crippen LogP contribution < -0.4 is 15.1 Å². The second kappa shape index (κ2) is 11.2. The standard InChI is InChI=1S/C32H35ClN6S/c1-21-11-16-37(17-12-21)29-8-7-25(19-27(29)33)39-31(30(36-32(39)40)28-6-4-5-13-35-28)26-18-22(2)38(23(26)3)20-24-9-14-34-15-10-24/h4-10,13-15,18-19,21,30-31H,11-12,16-17,20H2,1-3H3,(H,36,40). The summed E-state index contributed by atoms with van der Waals surface area (Å²) in [6, 6.07) is 18.7. The molecule has 0 bridgehead atoms. The van der Waals surface area contributed by atoms with Crippen LogP contribution in [0.3, 0.4) is 0 Å². The lowest BCUT2D eigenvalue weighted by molar-refractivity contribution is 0.438. The van der Waals surface area contributed by atoms with Crippen LogP contribution in [0.2, 0.25) is 5.02 Å². The topological polar surface area (TPSA) is 49.2 Å². The van der Waals surface area contributed by atoms with E-state index < -0.39 is 0 Å². The summed E-state index contributed by atoms with van der Waals surface area (Å²) in [5.74, 6) is 0.768. The molecular formula is C32H35ClN6S. The van der Waals surface area contributed by atoms with Gasteiger partial charge in [-0.05, 0) is 104 Å². The number of pyridine rings is 2. The minimum Gasteiger partial charge on any atom is -0.370 e. The molecule has 0 saturated carbocycles. The average molecular weight is 571 g/mol. The lowest BCUT2D eigenvalue weighted by atomic mass is 9.96. The second-order valence-corrected chi connectivity index (χ2v) is 11.9. The van der Waals surface area contributed by atoms with Crippen molar-refractivity contribution in [2.75, 3.05) is 22.9 Å². The summed E-state index contributed by atoms with van der Waals surface area (Å²) in [5.41, 5.74) is 7.90. The Labute approximate surface area is 247 Å². The summed E-state index contributed by atoms with van der Waals surface area (Å²) in [6.45, 7) is 9.56. The minimum absolute atomic E-state index is 0.0856. The monoisotopic (exact) mass is 570 g/mol. The molecule has 5 heterocycles. The summed E-state index contributed by atoms with van der Waals surface area (Å²) >= 11 is 13.0. The molecule has 8 heteroatoms. The van der Waals surface area contributed by atoms with Crippen LogP contribution in [0, 0.1) is 19.8 Å². The van der Waals surface area contributed by atoms with E-state index in [9.17, 15) is 0 Å². The van der Waals surface area contributed by atoms with Gasteiger partial charge in [0.15, 0.2) is 5.11 Å². The van der Waals surface area contributed by atoms with E-state index in [-0.39, 0.29) is 12.1 Å². The van der Waals surface area contributed by atoms with E-state index in [1.807, 2.05) is 30.7 Å². The van der Waals surface area contributed by atoms with Crippen molar-refractivity contribution in [2.45, 2.75) is 52.2 Å². The molecule has 40 heavy (non-hydrogen) atoms. The summed E-state index contributed by atoms with van der Waals surface area (Å²) in [6.07, 6.45) is 7.93. The number of anilines is 2. The molecule has 6 rings (SSSR count). The maximum Gasteiger partial charge on any atom is 0.174 e. The molecule has 2 fully saturated rings. The number of halogens is 1. The Kier molecular flexibility index (Phi) is 7.51. The number of rotatable bonds is 6. The molecule has 2 aliphatic rings. The van der Waals surface area contributed by atoms with Crippen molar-refractivity contribution in [3.63, 3.8) is 0 Å². The van der Waals surface area contributed by atoms with Gasteiger partial charge in [0.1, 0.15) is 0 Å². The van der Waals surface area contributed by atoms with Gasteiger partial charge < -0.3 is 19.7 Å². The van der Waals surface area contributed by atoms with Gasteiger partial charge in [0.25, 0.3) is 0 Å². The highest BCUT2D eigenvalue weighted by atomic mass is 35.5. The normalized spacial score (nSPS) is 19.8. The summed E-state index contributed by atoms with van der Waals surface area (Å²) in [7, 11) is 0. The van der Waals surface area contributed by atoms with Crippen LogP contribution in [0.1, 0.15) is 60.1 Å². The zero-order valence-electron chi connectivity index (χ0n) is 23.2. The fourth-order valence-electron chi connectivity index (χ4n) is 6.14. The van der Waals surface area contributed by atoms with E-state index in [0.29, 0.717) is 5.11 Å². The van der Waals surface area contributed by atoms with Crippen molar-refractivity contribution in [1.82, 2.24) is 19.9 Å². The third kappa shape index (κ3) is 5.08. The maximum absolute atomic E-state index is 6.97. The van der Waals surface area contributed by atoms with Crippen molar-refractivity contribution in [3.05, 3.63) is 106 Å². The van der Waals surface area contributed by atoms with Crippen molar-refractivity contribution in [3.8, 4) is 0 Å².